The number of benzene rings is 2. The highest BCUT2D eigenvalue weighted by Crippen LogP contribution is 2.30. The molecule has 2 N–H and O–H groups in total. The molecule has 2 amide bonds. The standard InChI is InChI=1S/C36H56N4O3/c1-5-9-21-39(22-10-6-2)25-13-19-37-35(41)29-15-17-33-31(27-29)32-28-30(16-18-34(32)43-33)36(42)38-20-14-26-40(23-11-7-3)24-12-8-4/h15-18,27-28H,5-14,19-26H2,1-4H3,(H,37,41)(H,38,42). The largest absolute Gasteiger partial charge is 0.456 e. The van der Waals surface area contributed by atoms with Crippen molar-refractivity contribution >= 4 is 33.8 Å². The lowest BCUT2D eigenvalue weighted by molar-refractivity contribution is 0.0943. The summed E-state index contributed by atoms with van der Waals surface area (Å²) in [6.45, 7) is 16.7. The van der Waals surface area contributed by atoms with E-state index in [2.05, 4.69) is 48.1 Å². The first kappa shape index (κ1) is 34.6. The van der Waals surface area contributed by atoms with Gasteiger partial charge in [-0.1, -0.05) is 53.4 Å². The van der Waals surface area contributed by atoms with Gasteiger partial charge in [-0.15, -0.1) is 0 Å². The first-order valence-electron chi connectivity index (χ1n) is 17.0. The van der Waals surface area contributed by atoms with Gasteiger partial charge in [0.05, 0.1) is 0 Å². The number of rotatable bonds is 22. The third kappa shape index (κ3) is 11.3. The van der Waals surface area contributed by atoms with E-state index in [4.69, 9.17) is 4.42 Å². The van der Waals surface area contributed by atoms with E-state index in [0.717, 1.165) is 62.9 Å². The number of hydrogen-bond donors (Lipinski definition) is 2. The van der Waals surface area contributed by atoms with Crippen LogP contribution in [0, 0.1) is 0 Å². The molecule has 0 unspecified atom stereocenters. The van der Waals surface area contributed by atoms with Gasteiger partial charge in [0, 0.05) is 35.0 Å². The minimum absolute atomic E-state index is 0.0780. The summed E-state index contributed by atoms with van der Waals surface area (Å²) in [5, 5.41) is 7.90. The second-order valence-corrected chi connectivity index (χ2v) is 11.8. The van der Waals surface area contributed by atoms with Crippen molar-refractivity contribution in [2.24, 2.45) is 0 Å². The molecule has 0 aliphatic carbocycles. The molecular weight excluding hydrogens is 536 g/mol. The average Bonchev–Trinajstić information content (AvgIpc) is 3.40. The molecule has 0 saturated carbocycles. The SMILES string of the molecule is CCCCN(CCCC)CCCNC(=O)c1ccc2oc3ccc(C(=O)NCCCN(CCCC)CCCC)cc3c2c1. The lowest BCUT2D eigenvalue weighted by Crippen LogP contribution is -2.31. The molecule has 0 bridgehead atoms. The van der Waals surface area contributed by atoms with Gasteiger partial charge in [-0.3, -0.25) is 9.59 Å². The van der Waals surface area contributed by atoms with Gasteiger partial charge in [-0.2, -0.15) is 0 Å². The predicted molar refractivity (Wildman–Crippen MR) is 180 cm³/mol. The Bertz CT molecular complexity index is 1140. The molecule has 7 nitrogen and oxygen atoms in total. The zero-order valence-electron chi connectivity index (χ0n) is 27.3. The van der Waals surface area contributed by atoms with Crippen LogP contribution in [0.3, 0.4) is 0 Å². The summed E-state index contributed by atoms with van der Waals surface area (Å²) < 4.78 is 6.03. The van der Waals surface area contributed by atoms with Crippen molar-refractivity contribution in [1.82, 2.24) is 20.4 Å². The lowest BCUT2D eigenvalue weighted by atomic mass is 10.1. The maximum Gasteiger partial charge on any atom is 0.251 e. The predicted octanol–water partition coefficient (Wildman–Crippen LogP) is 7.63. The summed E-state index contributed by atoms with van der Waals surface area (Å²) in [5.41, 5.74) is 2.64. The third-order valence-electron chi connectivity index (χ3n) is 8.18. The van der Waals surface area contributed by atoms with Gasteiger partial charge in [-0.05, 0) is 114 Å². The zero-order chi connectivity index (χ0) is 30.9. The van der Waals surface area contributed by atoms with Gasteiger partial charge >= 0.3 is 0 Å². The normalized spacial score (nSPS) is 11.7. The second kappa shape index (κ2) is 19.4. The van der Waals surface area contributed by atoms with Crippen molar-refractivity contribution in [2.45, 2.75) is 91.9 Å². The van der Waals surface area contributed by atoms with Crippen molar-refractivity contribution in [2.75, 3.05) is 52.4 Å². The summed E-state index contributed by atoms with van der Waals surface area (Å²) in [5.74, 6) is -0.156. The Hall–Kier alpha value is -2.90. The minimum atomic E-state index is -0.0780. The van der Waals surface area contributed by atoms with E-state index >= 15 is 0 Å². The van der Waals surface area contributed by atoms with E-state index < -0.39 is 0 Å². The second-order valence-electron chi connectivity index (χ2n) is 11.8. The van der Waals surface area contributed by atoms with E-state index in [-0.39, 0.29) is 11.8 Å². The molecular formula is C36H56N4O3. The van der Waals surface area contributed by atoms with Crippen LogP contribution in [0.4, 0.5) is 0 Å². The van der Waals surface area contributed by atoms with Gasteiger partial charge in [0.2, 0.25) is 0 Å². The molecule has 0 aliphatic rings. The first-order valence-corrected chi connectivity index (χ1v) is 17.0. The Morgan fingerprint density at radius 1 is 0.558 bits per heavy atom. The fraction of sp³-hybridized carbons (Fsp3) is 0.611. The van der Waals surface area contributed by atoms with Crippen molar-refractivity contribution in [1.29, 1.82) is 0 Å². The number of nitrogens with one attached hydrogen (secondary N) is 2. The third-order valence-corrected chi connectivity index (χ3v) is 8.18. The minimum Gasteiger partial charge on any atom is -0.456 e. The maximum absolute atomic E-state index is 13.0. The van der Waals surface area contributed by atoms with E-state index in [0.29, 0.717) is 35.4 Å². The summed E-state index contributed by atoms with van der Waals surface area (Å²) in [7, 11) is 0. The fourth-order valence-electron chi connectivity index (χ4n) is 5.47. The summed E-state index contributed by atoms with van der Waals surface area (Å²) in [6, 6.07) is 11.1. The van der Waals surface area contributed by atoms with Crippen molar-refractivity contribution in [3.63, 3.8) is 0 Å². The lowest BCUT2D eigenvalue weighted by Gasteiger charge is -2.21. The van der Waals surface area contributed by atoms with Crippen LogP contribution in [0.1, 0.15) is 113 Å². The molecule has 1 heterocycles. The Labute approximate surface area is 259 Å². The topological polar surface area (TPSA) is 77.8 Å². The monoisotopic (exact) mass is 592 g/mol. The number of hydrogen-bond acceptors (Lipinski definition) is 5. The van der Waals surface area contributed by atoms with Crippen molar-refractivity contribution in [3.05, 3.63) is 47.5 Å². The molecule has 0 atom stereocenters. The molecule has 0 fully saturated rings. The van der Waals surface area contributed by atoms with Gasteiger partial charge in [0.25, 0.3) is 11.8 Å². The highest BCUT2D eigenvalue weighted by atomic mass is 16.3. The molecule has 7 heteroatoms. The molecule has 238 valence electrons. The van der Waals surface area contributed by atoms with Crippen LogP contribution in [0.15, 0.2) is 40.8 Å². The number of furan rings is 1. The van der Waals surface area contributed by atoms with Gasteiger partial charge < -0.3 is 24.9 Å². The fourth-order valence-corrected chi connectivity index (χ4v) is 5.47. The molecule has 1 aromatic heterocycles. The quantitative estimate of drug-likeness (QED) is 0.117. The van der Waals surface area contributed by atoms with Crippen molar-refractivity contribution < 1.29 is 14.0 Å². The van der Waals surface area contributed by atoms with E-state index in [1.54, 1.807) is 0 Å². The van der Waals surface area contributed by atoms with Crippen LogP contribution < -0.4 is 10.6 Å². The van der Waals surface area contributed by atoms with E-state index in [9.17, 15) is 9.59 Å². The van der Waals surface area contributed by atoms with Crippen LogP contribution in [0.25, 0.3) is 21.9 Å². The Morgan fingerprint density at radius 2 is 0.907 bits per heavy atom. The molecule has 0 spiro atoms. The summed E-state index contributed by atoms with van der Waals surface area (Å²) in [4.78, 5) is 31.0. The Balaban J connectivity index is 1.57. The van der Waals surface area contributed by atoms with E-state index in [1.165, 1.54) is 51.4 Å². The molecule has 0 saturated heterocycles. The van der Waals surface area contributed by atoms with Crippen LogP contribution in [-0.2, 0) is 0 Å². The molecule has 0 aliphatic heterocycles. The number of carbonyl (C=O) groups is 2. The molecule has 3 aromatic rings. The van der Waals surface area contributed by atoms with Crippen LogP contribution >= 0.6 is 0 Å². The molecule has 0 radical (unpaired) electrons. The van der Waals surface area contributed by atoms with Crippen LogP contribution in [0.2, 0.25) is 0 Å². The van der Waals surface area contributed by atoms with E-state index in [1.807, 2.05) is 36.4 Å². The Kier molecular flexibility index (Phi) is 15.6. The molecule has 43 heavy (non-hydrogen) atoms. The first-order chi connectivity index (χ1) is 21.0. The number of carbonyl (C=O) groups excluding carboxylic acids is 2. The van der Waals surface area contributed by atoms with Gasteiger partial charge in [0.15, 0.2) is 0 Å². The molecule has 3 rings (SSSR count). The van der Waals surface area contributed by atoms with Crippen molar-refractivity contribution in [3.8, 4) is 0 Å². The Morgan fingerprint density at radius 3 is 1.26 bits per heavy atom. The molecule has 2 aromatic carbocycles. The highest BCUT2D eigenvalue weighted by Gasteiger charge is 2.14. The summed E-state index contributed by atoms with van der Waals surface area (Å²) >= 11 is 0. The number of nitrogens with zero attached hydrogens (tertiary/aromatic N) is 2. The number of amides is 2. The van der Waals surface area contributed by atoms with Crippen LogP contribution in [-0.4, -0.2) is 74.0 Å². The smallest absolute Gasteiger partial charge is 0.251 e. The highest BCUT2D eigenvalue weighted by molar-refractivity contribution is 6.10. The van der Waals surface area contributed by atoms with Gasteiger partial charge in [-0.25, -0.2) is 0 Å². The number of unbranched alkanes of at least 4 members (excludes halogenated alkanes) is 4. The van der Waals surface area contributed by atoms with Crippen LogP contribution in [0.5, 0.6) is 0 Å². The maximum atomic E-state index is 13.0. The zero-order valence-corrected chi connectivity index (χ0v) is 27.3. The van der Waals surface area contributed by atoms with Gasteiger partial charge in [0.1, 0.15) is 11.2 Å². The summed E-state index contributed by atoms with van der Waals surface area (Å²) in [6.07, 6.45) is 11.5. The number of fused-ring (bicyclic) bond motifs is 3. The average molecular weight is 593 g/mol.